The largest absolute Gasteiger partial charge is 0.453 e. The van der Waals surface area contributed by atoms with E-state index >= 15 is 0 Å². The lowest BCUT2D eigenvalue weighted by molar-refractivity contribution is -0.135. The van der Waals surface area contributed by atoms with Gasteiger partial charge in [0.15, 0.2) is 11.3 Å². The molecule has 0 bridgehead atoms. The smallest absolute Gasteiger partial charge is 0.407 e. The fourth-order valence-corrected chi connectivity index (χ4v) is 7.73. The number of H-pyrrole nitrogens is 2. The minimum absolute atomic E-state index is 0.117. The Morgan fingerprint density at radius 2 is 1.85 bits per heavy atom. The number of carbonyl (C=O) groups excluding carboxylic acids is 2. The van der Waals surface area contributed by atoms with Gasteiger partial charge in [-0.05, 0) is 86.2 Å². The molecule has 4 atom stereocenters. The number of alkyl carbamates (subject to hydrolysis) is 1. The summed E-state index contributed by atoms with van der Waals surface area (Å²) in [6.07, 6.45) is 5.57. The Bertz CT molecular complexity index is 2270. The van der Waals surface area contributed by atoms with Gasteiger partial charge in [-0.3, -0.25) is 4.79 Å². The first-order chi connectivity index (χ1) is 26.1. The van der Waals surface area contributed by atoms with Gasteiger partial charge in [0.05, 0.1) is 37.0 Å². The molecule has 1 saturated heterocycles. The van der Waals surface area contributed by atoms with E-state index in [0.29, 0.717) is 41.7 Å². The average Bonchev–Trinajstić information content (AvgIpc) is 3.98. The highest BCUT2D eigenvalue weighted by molar-refractivity contribution is 6.05. The summed E-state index contributed by atoms with van der Waals surface area (Å²) in [5, 5.41) is 5.63. The van der Waals surface area contributed by atoms with Crippen molar-refractivity contribution in [3.63, 3.8) is 0 Å². The maximum atomic E-state index is 13.7. The van der Waals surface area contributed by atoms with Crippen LogP contribution in [0.4, 0.5) is 4.79 Å². The van der Waals surface area contributed by atoms with Gasteiger partial charge in [0.1, 0.15) is 28.7 Å². The van der Waals surface area contributed by atoms with Crippen molar-refractivity contribution in [2.75, 3.05) is 27.3 Å². The van der Waals surface area contributed by atoms with Gasteiger partial charge < -0.3 is 39.9 Å². The number of furan rings is 1. The molecule has 1 aliphatic heterocycles. The molecule has 1 unspecified atom stereocenters. The van der Waals surface area contributed by atoms with E-state index in [2.05, 4.69) is 46.7 Å². The molecule has 2 aromatic carbocycles. The summed E-state index contributed by atoms with van der Waals surface area (Å²) >= 11 is 0. The van der Waals surface area contributed by atoms with Crippen LogP contribution >= 0.6 is 0 Å². The first-order valence-corrected chi connectivity index (χ1v) is 18.9. The van der Waals surface area contributed by atoms with Gasteiger partial charge >= 0.3 is 6.09 Å². The van der Waals surface area contributed by atoms with Crippen LogP contribution in [-0.4, -0.2) is 81.2 Å². The van der Waals surface area contributed by atoms with Crippen molar-refractivity contribution >= 4 is 55.8 Å². The predicted octanol–water partition coefficient (Wildman–Crippen LogP) is 6.83. The Kier molecular flexibility index (Phi) is 10.9. The van der Waals surface area contributed by atoms with E-state index in [0.717, 1.165) is 76.3 Å². The van der Waals surface area contributed by atoms with E-state index in [4.69, 9.17) is 34.7 Å². The maximum Gasteiger partial charge on any atom is 0.407 e. The van der Waals surface area contributed by atoms with Gasteiger partial charge in [0.2, 0.25) is 5.91 Å². The van der Waals surface area contributed by atoms with Crippen molar-refractivity contribution in [1.29, 1.82) is 0 Å². The number of hydroxylamine groups is 1. The molecule has 7 rings (SSSR count). The van der Waals surface area contributed by atoms with Crippen LogP contribution in [0.2, 0.25) is 0 Å². The average molecular weight is 738 g/mol. The lowest BCUT2D eigenvalue weighted by Crippen LogP contribution is -2.51. The van der Waals surface area contributed by atoms with Crippen molar-refractivity contribution < 1.29 is 23.6 Å². The molecular formula is C40H51N9O5. The van der Waals surface area contributed by atoms with Crippen molar-refractivity contribution in [2.45, 2.75) is 83.8 Å². The van der Waals surface area contributed by atoms with E-state index in [9.17, 15) is 9.59 Å². The second kappa shape index (κ2) is 15.7. The normalized spacial score (nSPS) is 16.7. The molecule has 0 radical (unpaired) electrons. The summed E-state index contributed by atoms with van der Waals surface area (Å²) in [4.78, 5) is 54.9. The number of methoxy groups -OCH3 is 1. The first-order valence-electron chi connectivity index (χ1n) is 18.9. The molecular weight excluding hydrogens is 686 g/mol. The third kappa shape index (κ3) is 7.25. The monoisotopic (exact) mass is 737 g/mol. The number of imidazole rings is 2. The van der Waals surface area contributed by atoms with E-state index in [1.54, 1.807) is 7.11 Å². The number of benzene rings is 2. The molecule has 14 heteroatoms. The van der Waals surface area contributed by atoms with Gasteiger partial charge in [-0.2, -0.15) is 5.48 Å². The van der Waals surface area contributed by atoms with E-state index in [-0.39, 0.29) is 29.8 Å². The van der Waals surface area contributed by atoms with Crippen molar-refractivity contribution in [1.82, 2.24) is 40.6 Å². The number of fused-ring (bicyclic) bond motifs is 6. The molecule has 1 aliphatic rings. The van der Waals surface area contributed by atoms with Crippen LogP contribution in [0.1, 0.15) is 83.4 Å². The van der Waals surface area contributed by atoms with Crippen LogP contribution in [0.5, 0.6) is 0 Å². The van der Waals surface area contributed by atoms with Gasteiger partial charge in [-0.25, -0.2) is 19.7 Å². The number of nitrogens with two attached hydrogens (primary N) is 1. The fourth-order valence-electron chi connectivity index (χ4n) is 7.73. The number of hydrogen-bond acceptors (Lipinski definition) is 10. The minimum atomic E-state index is -0.705. The topological polar surface area (TPSA) is 189 Å². The maximum absolute atomic E-state index is 13.7. The second-order valence-electron chi connectivity index (χ2n) is 15.1. The fraction of sp³-hybridized carbons (Fsp3) is 0.475. The summed E-state index contributed by atoms with van der Waals surface area (Å²) in [7, 11) is 2.95. The quantitative estimate of drug-likeness (QED) is 0.0741. The van der Waals surface area contributed by atoms with E-state index < -0.39 is 12.1 Å². The number of aromatic nitrogens is 5. The zero-order valence-corrected chi connectivity index (χ0v) is 31.9. The number of amides is 2. The number of rotatable bonds is 14. The van der Waals surface area contributed by atoms with Gasteiger partial charge in [0.25, 0.3) is 0 Å². The predicted molar refractivity (Wildman–Crippen MR) is 209 cm³/mol. The van der Waals surface area contributed by atoms with Gasteiger partial charge in [0, 0.05) is 35.5 Å². The summed E-state index contributed by atoms with van der Waals surface area (Å²) in [5.74, 6) is 2.45. The Balaban J connectivity index is 1.17. The van der Waals surface area contributed by atoms with E-state index in [1.807, 2.05) is 49.2 Å². The third-order valence-electron chi connectivity index (χ3n) is 10.8. The Hall–Kier alpha value is -5.05. The standard InChI is InChI=1S/C40H51N9O5/c1-21(2)29(48-53-6)18-25(9-7-15-41)37-43-27-13-11-23-17-30(42-20-26(23)34(27)45-37)32-19-24-12-14-28-35(36(24)54-32)46-38(44-28)31-10-8-16-49(31)39(50)33(22(3)4)47-40(51)52-5/h11-14,17,19-22,25,29,31,33,42,48H,7-10,15-16,18,41H2,1-6H3,(H,44,46)(H,47,51)/t25?,29-,31+,33+/m1/s1. The number of nitrogens with one attached hydrogen (secondary N) is 4. The first kappa shape index (κ1) is 37.3. The summed E-state index contributed by atoms with van der Waals surface area (Å²) < 4.78 is 11.3. The number of nitrogens with zero attached hydrogens (tertiary/aromatic N) is 4. The molecule has 4 aromatic heterocycles. The van der Waals surface area contributed by atoms with Crippen molar-refractivity contribution in [3.05, 3.63) is 54.2 Å². The molecule has 1 fully saturated rings. The number of carbonyl (C=O) groups is 2. The number of aromatic amines is 2. The minimum Gasteiger partial charge on any atom is -0.453 e. The molecule has 5 heterocycles. The number of pyridine rings is 1. The zero-order chi connectivity index (χ0) is 38.1. The van der Waals surface area contributed by atoms with Crippen LogP contribution in [0.25, 0.3) is 55.3 Å². The van der Waals surface area contributed by atoms with E-state index in [1.165, 1.54) is 7.11 Å². The Labute approximate surface area is 313 Å². The van der Waals surface area contributed by atoms with Crippen LogP contribution in [0.3, 0.4) is 0 Å². The van der Waals surface area contributed by atoms with Crippen LogP contribution in [0.15, 0.2) is 47.0 Å². The van der Waals surface area contributed by atoms with Gasteiger partial charge in [-0.1, -0.05) is 33.8 Å². The third-order valence-corrected chi connectivity index (χ3v) is 10.8. The van der Waals surface area contributed by atoms with Crippen LogP contribution in [-0.2, 0) is 14.4 Å². The number of hydrogen-bond donors (Lipinski definition) is 5. The van der Waals surface area contributed by atoms with Crippen molar-refractivity contribution in [2.24, 2.45) is 17.6 Å². The summed E-state index contributed by atoms with van der Waals surface area (Å²) in [6.45, 7) is 9.37. The molecule has 2 amide bonds. The van der Waals surface area contributed by atoms with Gasteiger partial charge in [-0.15, -0.1) is 0 Å². The molecule has 6 aromatic rings. The molecule has 0 spiro atoms. The molecule has 14 nitrogen and oxygen atoms in total. The van der Waals surface area contributed by atoms with Crippen molar-refractivity contribution in [3.8, 4) is 11.5 Å². The highest BCUT2D eigenvalue weighted by Crippen LogP contribution is 2.37. The summed E-state index contributed by atoms with van der Waals surface area (Å²) in [6, 6.07) is 11.4. The SMILES string of the molecule is CON[C@H](CC(CCCN)c1nc2ccc3cc(-c4cc5ccc6[nH]c([C@@H]7CCCN7C(=O)[C@@H](NC(=O)OC)C(C)C)nc6c5o4)[nH]cc3c2n1)C(C)C. The lowest BCUT2D eigenvalue weighted by Gasteiger charge is -2.29. The molecule has 54 heavy (non-hydrogen) atoms. The van der Waals surface area contributed by atoms with Crippen LogP contribution < -0.4 is 16.5 Å². The molecule has 6 N–H and O–H groups in total. The molecule has 0 aliphatic carbocycles. The lowest BCUT2D eigenvalue weighted by atomic mass is 9.89. The van der Waals surface area contributed by atoms with Crippen LogP contribution in [0, 0.1) is 11.8 Å². The zero-order valence-electron chi connectivity index (χ0n) is 31.9. The Morgan fingerprint density at radius 3 is 2.59 bits per heavy atom. The Morgan fingerprint density at radius 1 is 1.04 bits per heavy atom. The number of ether oxygens (including phenoxy) is 1. The second-order valence-corrected chi connectivity index (χ2v) is 15.1. The summed E-state index contributed by atoms with van der Waals surface area (Å²) in [5.41, 5.74) is 13.8. The highest BCUT2D eigenvalue weighted by atomic mass is 16.6. The molecule has 286 valence electrons. The number of likely N-dealkylation sites (tertiary alicyclic amines) is 1. The highest BCUT2D eigenvalue weighted by Gasteiger charge is 2.38. The molecule has 0 saturated carbocycles.